The normalized spacial score (nSPS) is 34.8. The van der Waals surface area contributed by atoms with Crippen molar-refractivity contribution >= 4 is 5.91 Å². The highest BCUT2D eigenvalue weighted by Gasteiger charge is 2.73. The van der Waals surface area contributed by atoms with E-state index in [0.29, 0.717) is 23.8 Å². The summed E-state index contributed by atoms with van der Waals surface area (Å²) in [6.07, 6.45) is 2.33. The number of carbonyl (C=O) groups excluding carboxylic acids is 1. The molecule has 1 amide bonds. The van der Waals surface area contributed by atoms with Crippen LogP contribution in [-0.2, 0) is 11.8 Å². The summed E-state index contributed by atoms with van der Waals surface area (Å²) in [7, 11) is 1.95. The number of phenols is 1. The SMILES string of the molecule is C[C@H]1CC23CCC(N(C)C(=O)c4ccccc4)C1C21CCN(CCC(F)F)C3Cc2ccc(O)cc21. The van der Waals surface area contributed by atoms with Gasteiger partial charge in [0.25, 0.3) is 5.91 Å². The molecule has 0 radical (unpaired) electrons. The van der Waals surface area contributed by atoms with Crippen molar-refractivity contribution < 1.29 is 18.7 Å². The van der Waals surface area contributed by atoms with Gasteiger partial charge in [0.15, 0.2) is 0 Å². The van der Waals surface area contributed by atoms with Crippen molar-refractivity contribution in [2.75, 3.05) is 20.1 Å². The summed E-state index contributed by atoms with van der Waals surface area (Å²) in [5, 5.41) is 10.6. The van der Waals surface area contributed by atoms with Gasteiger partial charge >= 0.3 is 0 Å². The lowest BCUT2D eigenvalue weighted by Crippen LogP contribution is -2.70. The largest absolute Gasteiger partial charge is 0.508 e. The molecule has 6 heteroatoms. The van der Waals surface area contributed by atoms with Crippen molar-refractivity contribution in [1.29, 1.82) is 0 Å². The summed E-state index contributed by atoms with van der Waals surface area (Å²) in [6, 6.07) is 15.6. The lowest BCUT2D eigenvalue weighted by atomic mass is 9.43. The lowest BCUT2D eigenvalue weighted by molar-refractivity contribution is -0.106. The fraction of sp³-hybridized carbons (Fsp3) is 0.567. The Labute approximate surface area is 212 Å². The number of amides is 1. The average molecular weight is 495 g/mol. The third-order valence-electron chi connectivity index (χ3n) is 10.4. The zero-order valence-electron chi connectivity index (χ0n) is 21.2. The number of hydrogen-bond donors (Lipinski definition) is 1. The van der Waals surface area contributed by atoms with Crippen molar-refractivity contribution in [3.8, 4) is 5.75 Å². The Kier molecular flexibility index (Phi) is 5.67. The molecule has 1 N–H and O–H groups in total. The van der Waals surface area contributed by atoms with Crippen LogP contribution in [0, 0.1) is 17.3 Å². The van der Waals surface area contributed by atoms with E-state index in [4.69, 9.17) is 0 Å². The molecular formula is C30H36F2N2O2. The van der Waals surface area contributed by atoms with E-state index < -0.39 is 6.43 Å². The molecule has 4 aliphatic rings. The summed E-state index contributed by atoms with van der Waals surface area (Å²) < 4.78 is 26.5. The van der Waals surface area contributed by atoms with E-state index in [9.17, 15) is 18.7 Å². The average Bonchev–Trinajstić information content (AvgIpc) is 3.04. The van der Waals surface area contributed by atoms with Gasteiger partial charge in [0.1, 0.15) is 5.75 Å². The molecule has 0 spiro atoms. The minimum atomic E-state index is -2.29. The first kappa shape index (κ1) is 23.9. The third kappa shape index (κ3) is 3.22. The Hall–Kier alpha value is -2.47. The first-order valence-electron chi connectivity index (χ1n) is 13.5. The second-order valence-electron chi connectivity index (χ2n) is 11.7. The number of benzene rings is 2. The van der Waals surface area contributed by atoms with Gasteiger partial charge in [0, 0.05) is 43.1 Å². The molecule has 0 aromatic heterocycles. The van der Waals surface area contributed by atoms with Gasteiger partial charge in [0.05, 0.1) is 0 Å². The minimum Gasteiger partial charge on any atom is -0.508 e. The van der Waals surface area contributed by atoms with Crippen molar-refractivity contribution in [2.24, 2.45) is 17.3 Å². The van der Waals surface area contributed by atoms with Crippen LogP contribution in [0.3, 0.4) is 0 Å². The Morgan fingerprint density at radius 3 is 2.72 bits per heavy atom. The predicted molar refractivity (Wildman–Crippen MR) is 135 cm³/mol. The number of fused-ring (bicyclic) bond motifs is 1. The number of halogens is 2. The first-order chi connectivity index (χ1) is 17.3. The number of aromatic hydroxyl groups is 1. The fourth-order valence-corrected chi connectivity index (χ4v) is 9.33. The van der Waals surface area contributed by atoms with Crippen molar-refractivity contribution in [3.63, 3.8) is 0 Å². The maximum Gasteiger partial charge on any atom is 0.253 e. The van der Waals surface area contributed by atoms with Crippen LogP contribution in [0.25, 0.3) is 0 Å². The number of piperidine rings is 1. The molecule has 2 saturated carbocycles. The number of hydrogen-bond acceptors (Lipinski definition) is 3. The number of rotatable bonds is 5. The van der Waals surface area contributed by atoms with Crippen LogP contribution in [0.15, 0.2) is 48.5 Å². The van der Waals surface area contributed by atoms with E-state index in [2.05, 4.69) is 17.9 Å². The number of carbonyl (C=O) groups is 1. The molecule has 6 atom stereocenters. The second-order valence-corrected chi connectivity index (χ2v) is 11.7. The van der Waals surface area contributed by atoms with Crippen LogP contribution in [0.1, 0.15) is 60.5 Å². The van der Waals surface area contributed by atoms with Gasteiger partial charge in [-0.15, -0.1) is 0 Å². The summed E-state index contributed by atoms with van der Waals surface area (Å²) in [5.41, 5.74) is 3.05. The molecule has 3 fully saturated rings. The van der Waals surface area contributed by atoms with Crippen LogP contribution in [0.4, 0.5) is 8.78 Å². The standard InChI is InChI=1S/C30H36F2N2O2/c1-19-18-29-12-10-24(33(2)28(36)20-6-4-3-5-7-20)27(19)30(29)13-15-34(14-11-26(31)32)25(29)16-21-8-9-22(35)17-23(21)30/h3-9,17,19,24-27,35H,10-16,18H2,1-2H3/t19-,24?,25?,27?,29?,30?/m0/s1. The summed E-state index contributed by atoms with van der Waals surface area (Å²) in [6.45, 7) is 3.56. The molecule has 1 saturated heterocycles. The molecule has 3 aliphatic carbocycles. The summed E-state index contributed by atoms with van der Waals surface area (Å²) >= 11 is 0. The van der Waals surface area contributed by atoms with E-state index in [0.717, 1.165) is 38.6 Å². The number of alkyl halides is 2. The molecule has 4 bridgehead atoms. The Morgan fingerprint density at radius 1 is 1.19 bits per heavy atom. The smallest absolute Gasteiger partial charge is 0.253 e. The van der Waals surface area contributed by atoms with Gasteiger partial charge in [0.2, 0.25) is 6.43 Å². The van der Waals surface area contributed by atoms with Crippen LogP contribution >= 0.6 is 0 Å². The molecular weight excluding hydrogens is 458 g/mol. The Morgan fingerprint density at radius 2 is 1.97 bits per heavy atom. The van der Waals surface area contributed by atoms with Gasteiger partial charge in [-0.1, -0.05) is 31.2 Å². The van der Waals surface area contributed by atoms with Crippen LogP contribution in [0.2, 0.25) is 0 Å². The zero-order valence-corrected chi connectivity index (χ0v) is 21.2. The molecule has 2 aromatic carbocycles. The first-order valence-corrected chi connectivity index (χ1v) is 13.5. The van der Waals surface area contributed by atoms with Crippen molar-refractivity contribution in [1.82, 2.24) is 9.80 Å². The molecule has 5 unspecified atom stereocenters. The maximum absolute atomic E-state index is 13.6. The summed E-state index contributed by atoms with van der Waals surface area (Å²) in [4.78, 5) is 17.9. The quantitative estimate of drug-likeness (QED) is 0.598. The number of nitrogens with zero attached hydrogens (tertiary/aromatic N) is 2. The number of likely N-dealkylation sites (tertiary alicyclic amines) is 1. The summed E-state index contributed by atoms with van der Waals surface area (Å²) in [5.74, 6) is 1.01. The van der Waals surface area contributed by atoms with Gasteiger partial charge in [-0.25, -0.2) is 8.78 Å². The zero-order chi connectivity index (χ0) is 25.2. The van der Waals surface area contributed by atoms with Crippen molar-refractivity contribution in [3.05, 3.63) is 65.2 Å². The van der Waals surface area contributed by atoms with E-state index in [1.807, 2.05) is 48.3 Å². The Bertz CT molecular complexity index is 1160. The minimum absolute atomic E-state index is 0.00855. The molecule has 36 heavy (non-hydrogen) atoms. The highest BCUT2D eigenvalue weighted by Crippen LogP contribution is 2.73. The molecule has 1 aliphatic heterocycles. The van der Waals surface area contributed by atoms with E-state index >= 15 is 0 Å². The van der Waals surface area contributed by atoms with Gasteiger partial charge < -0.3 is 10.0 Å². The molecule has 1 heterocycles. The van der Waals surface area contributed by atoms with Crippen molar-refractivity contribution in [2.45, 2.75) is 69.4 Å². The van der Waals surface area contributed by atoms with E-state index in [-0.39, 0.29) is 41.2 Å². The van der Waals surface area contributed by atoms with Gasteiger partial charge in [-0.05, 0) is 91.3 Å². The molecule has 2 aromatic rings. The van der Waals surface area contributed by atoms with E-state index in [1.165, 1.54) is 11.1 Å². The van der Waals surface area contributed by atoms with Gasteiger partial charge in [-0.2, -0.15) is 0 Å². The van der Waals surface area contributed by atoms with Gasteiger partial charge in [-0.3, -0.25) is 9.69 Å². The fourth-order valence-electron chi connectivity index (χ4n) is 9.33. The van der Waals surface area contributed by atoms with Crippen LogP contribution < -0.4 is 0 Å². The van der Waals surface area contributed by atoms with Crippen LogP contribution in [0.5, 0.6) is 5.75 Å². The molecule has 192 valence electrons. The van der Waals surface area contributed by atoms with E-state index in [1.54, 1.807) is 6.07 Å². The third-order valence-corrected chi connectivity index (χ3v) is 10.4. The second kappa shape index (κ2) is 8.54. The predicted octanol–water partition coefficient (Wildman–Crippen LogP) is 5.49. The molecule has 6 rings (SSSR count). The Balaban J connectivity index is 1.45. The maximum atomic E-state index is 13.6. The van der Waals surface area contributed by atoms with Crippen LogP contribution in [-0.4, -0.2) is 59.5 Å². The molecule has 4 nitrogen and oxygen atoms in total. The number of phenolic OH excluding ortho intramolecular Hbond substituents is 1. The lowest BCUT2D eigenvalue weighted by Gasteiger charge is -2.67. The monoisotopic (exact) mass is 494 g/mol. The topological polar surface area (TPSA) is 43.8 Å². The highest BCUT2D eigenvalue weighted by molar-refractivity contribution is 5.94. The highest BCUT2D eigenvalue weighted by atomic mass is 19.3.